The minimum absolute atomic E-state index is 0. The van der Waals surface area contributed by atoms with E-state index in [0.717, 1.165) is 30.6 Å². The van der Waals surface area contributed by atoms with Crippen LogP contribution in [-0.4, -0.2) is 12.2 Å². The van der Waals surface area contributed by atoms with Gasteiger partial charge in [-0.2, -0.15) is 0 Å². The van der Waals surface area contributed by atoms with Crippen LogP contribution in [0.3, 0.4) is 0 Å². The molecule has 1 aromatic carbocycles. The van der Waals surface area contributed by atoms with E-state index in [0.29, 0.717) is 5.75 Å². The van der Waals surface area contributed by atoms with E-state index >= 15 is 0 Å². The Hall–Kier alpha value is -0.180. The molecule has 0 fully saturated rings. The Bertz CT molecular complexity index is 279. The molecule has 0 bridgehead atoms. The molecule has 0 saturated carbocycles. The second-order valence-corrected chi connectivity index (χ2v) is 3.06. The number of unbranched alkanes of at least 4 members (excludes halogenated alkanes) is 1. The van der Waals surface area contributed by atoms with E-state index in [-0.39, 0.29) is 31.0 Å². The molecule has 14 heavy (non-hydrogen) atoms. The molecule has 0 aliphatic heterocycles. The van der Waals surface area contributed by atoms with Crippen LogP contribution in [0.2, 0.25) is 0 Å². The summed E-state index contributed by atoms with van der Waals surface area (Å²) in [6.07, 6.45) is 3.08. The van der Waals surface area contributed by atoms with E-state index in [2.05, 4.69) is 6.92 Å². The van der Waals surface area contributed by atoms with Gasteiger partial charge in [-0.3, -0.25) is 0 Å². The zero-order valence-electron chi connectivity index (χ0n) is 10.2. The van der Waals surface area contributed by atoms with Gasteiger partial charge < -0.3 is 11.3 Å². The van der Waals surface area contributed by atoms with Gasteiger partial charge in [-0.25, -0.2) is 0 Å². The van der Waals surface area contributed by atoms with Crippen molar-refractivity contribution in [2.45, 2.75) is 26.2 Å². The molecule has 1 rings (SSSR count). The molecule has 0 heterocycles. The second-order valence-electron chi connectivity index (χ2n) is 3.06. The fraction of sp³-hybridized carbons (Fsp3) is 0.455. The van der Waals surface area contributed by atoms with Crippen LogP contribution in [0.4, 0.5) is 0 Å². The number of ether oxygens (including phenoxy) is 1. The van der Waals surface area contributed by atoms with E-state index < -0.39 is 0 Å². The number of aromatic hydroxyl groups is 1. The first-order chi connectivity index (χ1) is 6.29. The van der Waals surface area contributed by atoms with Gasteiger partial charge in [0.25, 0.3) is 0 Å². The van der Waals surface area contributed by atoms with Crippen molar-refractivity contribution < 1.29 is 40.8 Å². The van der Waals surface area contributed by atoms with E-state index in [4.69, 9.17) is 4.74 Å². The van der Waals surface area contributed by atoms with Crippen LogP contribution in [0.25, 0.3) is 0 Å². The predicted octanol–water partition coefficient (Wildman–Crippen LogP) is -0.140. The molecule has 0 unspecified atom stereocenters. The Morgan fingerprint density at radius 1 is 1.43 bits per heavy atom. The van der Waals surface area contributed by atoms with Gasteiger partial charge in [0.2, 0.25) is 0 Å². The van der Waals surface area contributed by atoms with Gasteiger partial charge in [-0.1, -0.05) is 19.4 Å². The van der Waals surface area contributed by atoms with E-state index in [1.807, 2.05) is 6.07 Å². The minimum Gasteiger partial charge on any atom is -1.00 e. The van der Waals surface area contributed by atoms with Gasteiger partial charge >= 0.3 is 29.6 Å². The van der Waals surface area contributed by atoms with Gasteiger partial charge in [-0.05, 0) is 25.0 Å². The van der Waals surface area contributed by atoms with Crippen molar-refractivity contribution in [2.75, 3.05) is 7.11 Å². The average Bonchev–Trinajstić information content (AvgIpc) is 2.15. The van der Waals surface area contributed by atoms with Crippen molar-refractivity contribution in [3.63, 3.8) is 0 Å². The fourth-order valence-corrected chi connectivity index (χ4v) is 1.35. The number of hydrogen-bond donors (Lipinski definition) is 1. The summed E-state index contributed by atoms with van der Waals surface area (Å²) >= 11 is 0. The summed E-state index contributed by atoms with van der Waals surface area (Å²) in [6, 6.07) is 5.38. The molecule has 74 valence electrons. The van der Waals surface area contributed by atoms with Crippen molar-refractivity contribution in [1.82, 2.24) is 0 Å². The zero-order chi connectivity index (χ0) is 9.68. The van der Waals surface area contributed by atoms with Crippen molar-refractivity contribution in [3.8, 4) is 11.5 Å². The van der Waals surface area contributed by atoms with Crippen molar-refractivity contribution >= 4 is 0 Å². The van der Waals surface area contributed by atoms with Crippen LogP contribution in [0.15, 0.2) is 18.2 Å². The van der Waals surface area contributed by atoms with Crippen LogP contribution in [0.5, 0.6) is 11.5 Å². The standard InChI is InChI=1S/C11H16O2.Na.H/c1-3-4-6-9-10(12)7-5-8-11(9)13-2;;/h5,7-8,12H,3-4,6H2,1-2H3;;/q;+1;-1. The molecule has 0 atom stereocenters. The maximum absolute atomic E-state index is 9.57. The Kier molecular flexibility index (Phi) is 7.06. The largest absolute Gasteiger partial charge is 1.00 e. The molecule has 3 heteroatoms. The van der Waals surface area contributed by atoms with Gasteiger partial charge in [0.05, 0.1) is 7.11 Å². The van der Waals surface area contributed by atoms with Crippen molar-refractivity contribution in [3.05, 3.63) is 23.8 Å². The number of phenolic OH excluding ortho intramolecular Hbond substituents is 1. The maximum atomic E-state index is 9.57. The molecular weight excluding hydrogens is 187 g/mol. The Morgan fingerprint density at radius 2 is 2.14 bits per heavy atom. The summed E-state index contributed by atoms with van der Waals surface area (Å²) < 4.78 is 5.16. The first-order valence-electron chi connectivity index (χ1n) is 4.64. The van der Waals surface area contributed by atoms with Crippen LogP contribution in [0, 0.1) is 0 Å². The summed E-state index contributed by atoms with van der Waals surface area (Å²) in [5.41, 5.74) is 0.923. The quantitative estimate of drug-likeness (QED) is 0.692. The summed E-state index contributed by atoms with van der Waals surface area (Å²) in [5, 5.41) is 9.57. The maximum Gasteiger partial charge on any atom is 1.00 e. The van der Waals surface area contributed by atoms with Gasteiger partial charge in [-0.15, -0.1) is 0 Å². The van der Waals surface area contributed by atoms with Crippen LogP contribution in [-0.2, 0) is 6.42 Å². The van der Waals surface area contributed by atoms with Crippen LogP contribution >= 0.6 is 0 Å². The fourth-order valence-electron chi connectivity index (χ4n) is 1.35. The normalized spacial score (nSPS) is 9.29. The zero-order valence-corrected chi connectivity index (χ0v) is 11.2. The molecule has 0 spiro atoms. The number of rotatable bonds is 4. The van der Waals surface area contributed by atoms with Crippen LogP contribution in [0.1, 0.15) is 26.8 Å². The van der Waals surface area contributed by atoms with E-state index in [1.54, 1.807) is 19.2 Å². The van der Waals surface area contributed by atoms with Gasteiger partial charge in [0, 0.05) is 5.56 Å². The molecule has 0 amide bonds. The summed E-state index contributed by atoms with van der Waals surface area (Å²) in [7, 11) is 1.63. The summed E-state index contributed by atoms with van der Waals surface area (Å²) in [4.78, 5) is 0. The molecule has 1 aromatic rings. The second kappa shape index (κ2) is 7.16. The molecule has 0 aromatic heterocycles. The first-order valence-corrected chi connectivity index (χ1v) is 4.64. The van der Waals surface area contributed by atoms with Gasteiger partial charge in [0.15, 0.2) is 0 Å². The molecule has 0 saturated heterocycles. The third-order valence-electron chi connectivity index (χ3n) is 2.11. The van der Waals surface area contributed by atoms with E-state index in [1.165, 1.54) is 0 Å². The summed E-state index contributed by atoms with van der Waals surface area (Å²) in [5.74, 6) is 1.13. The molecular formula is C11H17NaO2. The number of phenols is 1. The number of hydrogen-bond acceptors (Lipinski definition) is 2. The third kappa shape index (κ3) is 3.52. The molecule has 0 radical (unpaired) electrons. The van der Waals surface area contributed by atoms with Gasteiger partial charge in [0.1, 0.15) is 11.5 Å². The SMILES string of the molecule is CCCCc1c(O)cccc1OC.[H-].[Na+]. The number of methoxy groups -OCH3 is 1. The summed E-state index contributed by atoms with van der Waals surface area (Å²) in [6.45, 7) is 2.13. The molecule has 1 N–H and O–H groups in total. The first kappa shape index (κ1) is 13.8. The molecule has 0 aliphatic rings. The molecule has 2 nitrogen and oxygen atoms in total. The minimum atomic E-state index is 0. The van der Waals surface area contributed by atoms with Crippen molar-refractivity contribution in [2.24, 2.45) is 0 Å². The van der Waals surface area contributed by atoms with Crippen LogP contribution < -0.4 is 34.3 Å². The Labute approximate surface area is 109 Å². The topological polar surface area (TPSA) is 29.5 Å². The Balaban J connectivity index is 0. The van der Waals surface area contributed by atoms with E-state index in [9.17, 15) is 5.11 Å². The van der Waals surface area contributed by atoms with Crippen molar-refractivity contribution in [1.29, 1.82) is 0 Å². The monoisotopic (exact) mass is 204 g/mol. The average molecular weight is 204 g/mol. The Morgan fingerprint density at radius 3 is 2.71 bits per heavy atom. The molecule has 0 aliphatic carbocycles. The number of benzene rings is 1. The smallest absolute Gasteiger partial charge is 1.00 e. The third-order valence-corrected chi connectivity index (χ3v) is 2.11. The predicted molar refractivity (Wildman–Crippen MR) is 54.4 cm³/mol.